The Labute approximate surface area is 119 Å². The molecule has 2 N–H and O–H groups in total. The number of rotatable bonds is 3. The van der Waals surface area contributed by atoms with E-state index in [1.165, 1.54) is 12.1 Å². The fourth-order valence-corrected chi connectivity index (χ4v) is 2.47. The van der Waals surface area contributed by atoms with Crippen molar-refractivity contribution in [2.75, 3.05) is 38.0 Å². The highest BCUT2D eigenvalue weighted by Crippen LogP contribution is 2.18. The minimum atomic E-state index is -0.292. The lowest BCUT2D eigenvalue weighted by Gasteiger charge is -2.26. The summed E-state index contributed by atoms with van der Waals surface area (Å²) in [7, 11) is 0. The number of benzene rings is 1. The number of hydrogen-bond acceptors (Lipinski definition) is 3. The second kappa shape index (κ2) is 6.44. The summed E-state index contributed by atoms with van der Waals surface area (Å²) in [6.45, 7) is 3.99. The highest BCUT2D eigenvalue weighted by Gasteiger charge is 2.14. The molecule has 0 atom stereocenters. The van der Waals surface area contributed by atoms with Crippen molar-refractivity contribution in [3.63, 3.8) is 0 Å². The monoisotopic (exact) mass is 363 g/mol. The third-order valence-electron chi connectivity index (χ3n) is 2.78. The molecule has 0 bridgehead atoms. The van der Waals surface area contributed by atoms with Gasteiger partial charge < -0.3 is 10.6 Å². The first-order valence-electron chi connectivity index (χ1n) is 5.83. The summed E-state index contributed by atoms with van der Waals surface area (Å²) in [5.41, 5.74) is 0.664. The van der Waals surface area contributed by atoms with Gasteiger partial charge in [0.1, 0.15) is 5.82 Å². The number of nitrogens with one attached hydrogen (secondary N) is 2. The predicted octanol–water partition coefficient (Wildman–Crippen LogP) is 1.27. The topological polar surface area (TPSA) is 44.4 Å². The van der Waals surface area contributed by atoms with E-state index in [2.05, 4.69) is 15.5 Å². The molecular formula is C12H15FIN3O. The van der Waals surface area contributed by atoms with E-state index in [4.69, 9.17) is 0 Å². The minimum absolute atomic E-state index is 0.0542. The summed E-state index contributed by atoms with van der Waals surface area (Å²) in [4.78, 5) is 13.9. The fourth-order valence-electron chi connectivity index (χ4n) is 1.85. The van der Waals surface area contributed by atoms with E-state index < -0.39 is 0 Å². The van der Waals surface area contributed by atoms with Gasteiger partial charge in [-0.3, -0.25) is 9.69 Å². The van der Waals surface area contributed by atoms with Crippen LogP contribution in [-0.4, -0.2) is 43.5 Å². The average Bonchev–Trinajstić information content (AvgIpc) is 2.34. The Morgan fingerprint density at radius 1 is 1.44 bits per heavy atom. The Balaban J connectivity index is 1.90. The van der Waals surface area contributed by atoms with E-state index in [0.29, 0.717) is 15.8 Å². The molecule has 0 unspecified atom stereocenters. The smallest absolute Gasteiger partial charge is 0.238 e. The zero-order valence-corrected chi connectivity index (χ0v) is 12.0. The first kappa shape index (κ1) is 13.7. The molecular weight excluding hydrogens is 348 g/mol. The molecule has 0 aliphatic carbocycles. The number of amides is 1. The zero-order valence-electron chi connectivity index (χ0n) is 9.88. The summed E-state index contributed by atoms with van der Waals surface area (Å²) in [6, 6.07) is 4.34. The number of halogens is 2. The van der Waals surface area contributed by atoms with Gasteiger partial charge in [-0.2, -0.15) is 0 Å². The predicted molar refractivity (Wildman–Crippen MR) is 77.1 cm³/mol. The van der Waals surface area contributed by atoms with Gasteiger partial charge in [0, 0.05) is 29.7 Å². The van der Waals surface area contributed by atoms with E-state index in [1.54, 1.807) is 6.07 Å². The average molecular weight is 363 g/mol. The first-order chi connectivity index (χ1) is 8.65. The van der Waals surface area contributed by atoms with Crippen molar-refractivity contribution >= 4 is 34.2 Å². The van der Waals surface area contributed by atoms with Crippen molar-refractivity contribution in [3.8, 4) is 0 Å². The second-order valence-corrected chi connectivity index (χ2v) is 5.36. The van der Waals surface area contributed by atoms with Crippen LogP contribution in [0, 0.1) is 9.39 Å². The van der Waals surface area contributed by atoms with Crippen molar-refractivity contribution in [3.05, 3.63) is 27.6 Å². The van der Waals surface area contributed by atoms with Gasteiger partial charge in [0.2, 0.25) is 5.91 Å². The molecule has 1 aliphatic heterocycles. The Bertz CT molecular complexity index is 435. The molecule has 1 amide bonds. The van der Waals surface area contributed by atoms with Gasteiger partial charge in [0.15, 0.2) is 0 Å². The van der Waals surface area contributed by atoms with Crippen molar-refractivity contribution < 1.29 is 9.18 Å². The van der Waals surface area contributed by atoms with Crippen molar-refractivity contribution in [2.45, 2.75) is 0 Å². The standard InChI is InChI=1S/C12H15FIN3O/c13-9-1-2-11(10(14)7-9)16-12(18)8-17-5-3-15-4-6-17/h1-2,7,15H,3-6,8H2,(H,16,18). The van der Waals surface area contributed by atoms with E-state index in [9.17, 15) is 9.18 Å². The van der Waals surface area contributed by atoms with Crippen molar-refractivity contribution in [2.24, 2.45) is 0 Å². The molecule has 1 aromatic rings. The highest BCUT2D eigenvalue weighted by molar-refractivity contribution is 14.1. The van der Waals surface area contributed by atoms with Crippen LogP contribution in [0.5, 0.6) is 0 Å². The van der Waals surface area contributed by atoms with Gasteiger partial charge >= 0.3 is 0 Å². The van der Waals surface area contributed by atoms with Crippen LogP contribution in [0.4, 0.5) is 10.1 Å². The van der Waals surface area contributed by atoms with Crippen molar-refractivity contribution in [1.82, 2.24) is 10.2 Å². The largest absolute Gasteiger partial charge is 0.324 e. The summed E-state index contributed by atoms with van der Waals surface area (Å²) >= 11 is 2.01. The molecule has 98 valence electrons. The van der Waals surface area contributed by atoms with Crippen LogP contribution in [-0.2, 0) is 4.79 Å². The number of nitrogens with zero attached hydrogens (tertiary/aromatic N) is 1. The Morgan fingerprint density at radius 2 is 2.17 bits per heavy atom. The number of carbonyl (C=O) groups excluding carboxylic acids is 1. The van der Waals surface area contributed by atoms with Gasteiger partial charge in [-0.25, -0.2) is 4.39 Å². The molecule has 0 saturated carbocycles. The maximum atomic E-state index is 12.9. The first-order valence-corrected chi connectivity index (χ1v) is 6.91. The molecule has 0 aromatic heterocycles. The van der Waals surface area contributed by atoms with E-state index >= 15 is 0 Å². The summed E-state index contributed by atoms with van der Waals surface area (Å²) in [5.74, 6) is -0.346. The maximum Gasteiger partial charge on any atom is 0.238 e. The molecule has 1 heterocycles. The molecule has 0 radical (unpaired) electrons. The van der Waals surface area contributed by atoms with Gasteiger partial charge in [-0.1, -0.05) is 0 Å². The Morgan fingerprint density at radius 3 is 2.83 bits per heavy atom. The van der Waals surface area contributed by atoms with Crippen LogP contribution in [0.25, 0.3) is 0 Å². The molecule has 2 rings (SSSR count). The molecule has 6 heteroatoms. The summed E-state index contributed by atoms with van der Waals surface area (Å²) in [5, 5.41) is 6.05. The quantitative estimate of drug-likeness (QED) is 0.796. The molecule has 1 saturated heterocycles. The fraction of sp³-hybridized carbons (Fsp3) is 0.417. The molecule has 1 aromatic carbocycles. The second-order valence-electron chi connectivity index (χ2n) is 4.20. The van der Waals surface area contributed by atoms with Crippen LogP contribution in [0.3, 0.4) is 0 Å². The summed E-state index contributed by atoms with van der Waals surface area (Å²) in [6.07, 6.45) is 0. The molecule has 1 aliphatic rings. The number of piperazine rings is 1. The highest BCUT2D eigenvalue weighted by atomic mass is 127. The zero-order chi connectivity index (χ0) is 13.0. The van der Waals surface area contributed by atoms with Crippen LogP contribution >= 0.6 is 22.6 Å². The van der Waals surface area contributed by atoms with Gasteiger partial charge in [-0.05, 0) is 40.8 Å². The molecule has 4 nitrogen and oxygen atoms in total. The lowest BCUT2D eigenvalue weighted by molar-refractivity contribution is -0.117. The van der Waals surface area contributed by atoms with E-state index in [0.717, 1.165) is 26.2 Å². The SMILES string of the molecule is O=C(CN1CCNCC1)Nc1ccc(F)cc1I. The lowest BCUT2D eigenvalue weighted by atomic mass is 10.3. The molecule has 0 spiro atoms. The normalized spacial score (nSPS) is 16.6. The van der Waals surface area contributed by atoms with Gasteiger partial charge in [-0.15, -0.1) is 0 Å². The van der Waals surface area contributed by atoms with Crippen LogP contribution in [0.2, 0.25) is 0 Å². The number of carbonyl (C=O) groups is 1. The maximum absolute atomic E-state index is 12.9. The molecule has 1 fully saturated rings. The van der Waals surface area contributed by atoms with Gasteiger partial charge in [0.25, 0.3) is 0 Å². The summed E-state index contributed by atoms with van der Waals surface area (Å²) < 4.78 is 13.6. The third kappa shape index (κ3) is 3.89. The van der Waals surface area contributed by atoms with Crippen molar-refractivity contribution in [1.29, 1.82) is 0 Å². The van der Waals surface area contributed by atoms with Gasteiger partial charge in [0.05, 0.1) is 12.2 Å². The van der Waals surface area contributed by atoms with Crippen LogP contribution in [0.1, 0.15) is 0 Å². The Kier molecular flexibility index (Phi) is 4.90. The Hall–Kier alpha value is -0.730. The third-order valence-corrected chi connectivity index (χ3v) is 3.67. The van der Waals surface area contributed by atoms with E-state index in [1.807, 2.05) is 22.6 Å². The lowest BCUT2D eigenvalue weighted by Crippen LogP contribution is -2.46. The number of anilines is 1. The van der Waals surface area contributed by atoms with Crippen LogP contribution in [0.15, 0.2) is 18.2 Å². The molecule has 18 heavy (non-hydrogen) atoms. The van der Waals surface area contributed by atoms with Crippen LogP contribution < -0.4 is 10.6 Å². The minimum Gasteiger partial charge on any atom is -0.324 e. The van der Waals surface area contributed by atoms with E-state index in [-0.39, 0.29) is 11.7 Å². The number of hydrogen-bond donors (Lipinski definition) is 2.